The van der Waals surface area contributed by atoms with Crippen LogP contribution in [0.4, 0.5) is 0 Å². The number of piperidine rings is 1. The first kappa shape index (κ1) is 23.8. The predicted molar refractivity (Wildman–Crippen MR) is 131 cm³/mol. The lowest BCUT2D eigenvalue weighted by atomic mass is 9.78. The molecule has 170 valence electrons. The van der Waals surface area contributed by atoms with Crippen LogP contribution in [0.25, 0.3) is 11.0 Å². The number of benzene rings is 2. The average molecular weight is 456 g/mol. The molecule has 1 aliphatic rings. The molecular weight excluding hydrogens is 426 g/mol. The molecular formula is C25H30ClN3O3. The first-order chi connectivity index (χ1) is 15.1. The third kappa shape index (κ3) is 4.81. The molecule has 6 nitrogen and oxygen atoms in total. The van der Waals surface area contributed by atoms with Gasteiger partial charge in [-0.1, -0.05) is 48.9 Å². The number of nitrogens with two attached hydrogens (primary N) is 1. The van der Waals surface area contributed by atoms with Crippen LogP contribution in [-0.2, 0) is 0 Å². The number of aromatic hydroxyl groups is 1. The molecule has 1 aliphatic heterocycles. The van der Waals surface area contributed by atoms with Crippen molar-refractivity contribution >= 4 is 29.1 Å². The normalized spacial score (nSPS) is 17.0. The summed E-state index contributed by atoms with van der Waals surface area (Å²) in [6, 6.07) is 16.8. The molecule has 0 saturated carbocycles. The van der Waals surface area contributed by atoms with Gasteiger partial charge in [-0.05, 0) is 50.6 Å². The van der Waals surface area contributed by atoms with Gasteiger partial charge in [-0.3, -0.25) is 0 Å². The summed E-state index contributed by atoms with van der Waals surface area (Å²) in [4.78, 5) is 15.6. The summed E-state index contributed by atoms with van der Waals surface area (Å²) in [6.45, 7) is 4.62. The van der Waals surface area contributed by atoms with Crippen LogP contribution >= 0.6 is 12.4 Å². The second-order valence-corrected chi connectivity index (χ2v) is 8.27. The molecule has 3 aromatic rings. The van der Waals surface area contributed by atoms with Gasteiger partial charge in [0.1, 0.15) is 11.3 Å². The van der Waals surface area contributed by atoms with E-state index in [9.17, 15) is 9.90 Å². The summed E-state index contributed by atoms with van der Waals surface area (Å²) in [7, 11) is 0. The van der Waals surface area contributed by atoms with Gasteiger partial charge >= 0.3 is 5.63 Å². The monoisotopic (exact) mass is 455 g/mol. The number of fused-ring (bicyclic) bond motifs is 1. The molecule has 0 radical (unpaired) electrons. The van der Waals surface area contributed by atoms with Gasteiger partial charge in [0.25, 0.3) is 0 Å². The molecule has 32 heavy (non-hydrogen) atoms. The van der Waals surface area contributed by atoms with Crippen molar-refractivity contribution in [3.8, 4) is 5.75 Å². The molecule has 7 heteroatoms. The Kier molecular flexibility index (Phi) is 7.94. The molecule has 0 spiro atoms. The van der Waals surface area contributed by atoms with Crippen molar-refractivity contribution in [2.45, 2.75) is 32.1 Å². The number of nitrogens with zero attached hydrogens (tertiary/aromatic N) is 2. The molecule has 1 saturated heterocycles. The molecule has 2 heterocycles. The molecule has 3 N–H and O–H groups in total. The quantitative estimate of drug-likeness (QED) is 0.247. The second-order valence-electron chi connectivity index (χ2n) is 8.27. The van der Waals surface area contributed by atoms with E-state index < -0.39 is 11.5 Å². The molecule has 2 atom stereocenters. The van der Waals surface area contributed by atoms with Gasteiger partial charge in [0.2, 0.25) is 0 Å². The highest BCUT2D eigenvalue weighted by molar-refractivity contribution is 5.88. The van der Waals surface area contributed by atoms with E-state index in [1.807, 2.05) is 43.3 Å². The Labute approximate surface area is 194 Å². The van der Waals surface area contributed by atoms with E-state index in [1.54, 1.807) is 18.2 Å². The van der Waals surface area contributed by atoms with Crippen molar-refractivity contribution < 1.29 is 9.52 Å². The topological polar surface area (TPSA) is 92.1 Å². The Hall–Kier alpha value is -2.83. The molecule has 2 unspecified atom stereocenters. The first-order valence-corrected chi connectivity index (χ1v) is 10.9. The molecule has 0 amide bonds. The van der Waals surface area contributed by atoms with Crippen molar-refractivity contribution in [1.29, 1.82) is 0 Å². The number of hydrazone groups is 1. The van der Waals surface area contributed by atoms with E-state index in [2.05, 4.69) is 10.0 Å². The van der Waals surface area contributed by atoms with Gasteiger partial charge in [-0.15, -0.1) is 12.4 Å². The van der Waals surface area contributed by atoms with E-state index >= 15 is 0 Å². The lowest BCUT2D eigenvalue weighted by Crippen LogP contribution is -2.40. The smallest absolute Gasteiger partial charge is 0.343 e. The largest absolute Gasteiger partial charge is 0.507 e. The highest BCUT2D eigenvalue weighted by Gasteiger charge is 2.34. The number of halogens is 1. The fourth-order valence-electron chi connectivity index (χ4n) is 4.68. The van der Waals surface area contributed by atoms with E-state index in [-0.39, 0.29) is 29.6 Å². The molecule has 1 fully saturated rings. The van der Waals surface area contributed by atoms with Gasteiger partial charge in [-0.2, -0.15) is 5.10 Å². The maximum atomic E-state index is 13.2. The number of rotatable bonds is 6. The summed E-state index contributed by atoms with van der Waals surface area (Å²) >= 11 is 0. The van der Waals surface area contributed by atoms with E-state index in [4.69, 9.17) is 10.3 Å². The van der Waals surface area contributed by atoms with Crippen molar-refractivity contribution in [1.82, 2.24) is 4.90 Å². The average Bonchev–Trinajstić information content (AvgIpc) is 2.81. The Bertz CT molecular complexity index is 1120. The highest BCUT2D eigenvalue weighted by Crippen LogP contribution is 2.39. The summed E-state index contributed by atoms with van der Waals surface area (Å²) in [5.74, 6) is 5.10. The van der Waals surface area contributed by atoms with Crippen molar-refractivity contribution in [3.05, 3.63) is 76.1 Å². The zero-order chi connectivity index (χ0) is 21.8. The molecule has 4 rings (SSSR count). The lowest BCUT2D eigenvalue weighted by molar-refractivity contribution is 0.207. The fraction of sp³-hybridized carbons (Fsp3) is 0.360. The summed E-state index contributed by atoms with van der Waals surface area (Å²) < 4.78 is 5.63. The lowest BCUT2D eigenvalue weighted by Gasteiger charge is -2.34. The Balaban J connectivity index is 0.00000289. The zero-order valence-electron chi connectivity index (χ0n) is 18.2. The third-order valence-electron chi connectivity index (χ3n) is 6.34. The number of hydrogen-bond donors (Lipinski definition) is 2. The summed E-state index contributed by atoms with van der Waals surface area (Å²) in [6.07, 6.45) is 3.55. The van der Waals surface area contributed by atoms with Gasteiger partial charge in [0, 0.05) is 24.1 Å². The van der Waals surface area contributed by atoms with Crippen LogP contribution in [0, 0.1) is 5.92 Å². The Morgan fingerprint density at radius 1 is 1.09 bits per heavy atom. The van der Waals surface area contributed by atoms with Crippen LogP contribution in [0.5, 0.6) is 5.75 Å². The summed E-state index contributed by atoms with van der Waals surface area (Å²) in [5.41, 5.74) is 1.77. The van der Waals surface area contributed by atoms with Crippen LogP contribution in [0.2, 0.25) is 0 Å². The number of hydrogen-bond acceptors (Lipinski definition) is 6. The van der Waals surface area contributed by atoms with Crippen molar-refractivity contribution in [2.24, 2.45) is 16.9 Å². The zero-order valence-corrected chi connectivity index (χ0v) is 19.1. The maximum Gasteiger partial charge on any atom is 0.343 e. The van der Waals surface area contributed by atoms with Gasteiger partial charge < -0.3 is 20.3 Å². The SMILES string of the molecule is C/C(=N\N)C(CN1CCCCC1)C(c1ccccc1)c1c(O)c2ccccc2oc1=O.Cl. The van der Waals surface area contributed by atoms with Crippen LogP contribution in [0.1, 0.15) is 43.2 Å². The van der Waals surface area contributed by atoms with E-state index in [1.165, 1.54) is 6.42 Å². The fourth-order valence-corrected chi connectivity index (χ4v) is 4.68. The molecule has 1 aromatic heterocycles. The van der Waals surface area contributed by atoms with Gasteiger partial charge in [-0.25, -0.2) is 4.79 Å². The number of para-hydroxylation sites is 1. The standard InChI is InChI=1S/C25H29N3O3.ClH/c1-17(27-26)20(16-28-14-8-3-9-15-28)22(18-10-4-2-5-11-18)23-24(29)19-12-6-7-13-21(19)31-25(23)30;/h2,4-7,10-13,20,22,29H,3,8-9,14-16,26H2,1H3;1H/b27-17+;. The van der Waals surface area contributed by atoms with Crippen LogP contribution in [0.15, 0.2) is 68.9 Å². The molecule has 2 aromatic carbocycles. The van der Waals surface area contributed by atoms with E-state index in [0.717, 1.165) is 37.2 Å². The minimum Gasteiger partial charge on any atom is -0.507 e. The Morgan fingerprint density at radius 2 is 1.75 bits per heavy atom. The van der Waals surface area contributed by atoms with Gasteiger partial charge in [0.15, 0.2) is 0 Å². The minimum atomic E-state index is -0.529. The Morgan fingerprint density at radius 3 is 2.44 bits per heavy atom. The summed E-state index contributed by atoms with van der Waals surface area (Å²) in [5, 5.41) is 15.8. The van der Waals surface area contributed by atoms with Crippen LogP contribution in [0.3, 0.4) is 0 Å². The highest BCUT2D eigenvalue weighted by atomic mass is 35.5. The van der Waals surface area contributed by atoms with Crippen LogP contribution < -0.4 is 11.5 Å². The van der Waals surface area contributed by atoms with E-state index in [0.29, 0.717) is 17.5 Å². The van der Waals surface area contributed by atoms with Crippen LogP contribution in [-0.4, -0.2) is 35.4 Å². The minimum absolute atomic E-state index is 0. The maximum absolute atomic E-state index is 13.2. The molecule has 0 aliphatic carbocycles. The van der Waals surface area contributed by atoms with Crippen molar-refractivity contribution in [2.75, 3.05) is 19.6 Å². The predicted octanol–water partition coefficient (Wildman–Crippen LogP) is 4.49. The second kappa shape index (κ2) is 10.7. The third-order valence-corrected chi connectivity index (χ3v) is 6.34. The van der Waals surface area contributed by atoms with Crippen molar-refractivity contribution in [3.63, 3.8) is 0 Å². The number of likely N-dealkylation sites (tertiary alicyclic amines) is 1. The first-order valence-electron chi connectivity index (χ1n) is 10.9. The molecule has 0 bridgehead atoms. The van der Waals surface area contributed by atoms with Gasteiger partial charge in [0.05, 0.1) is 10.9 Å².